The smallest absolute Gasteiger partial charge is 0.166 e. The van der Waals surface area contributed by atoms with E-state index in [9.17, 15) is 4.79 Å². The zero-order valence-electron chi connectivity index (χ0n) is 7.92. The first kappa shape index (κ1) is 8.74. The SMILES string of the molecule is Cn1c(C=O)ccc1Cn1ccnc1. The maximum atomic E-state index is 10.6. The second-order valence-corrected chi connectivity index (χ2v) is 3.16. The summed E-state index contributed by atoms with van der Waals surface area (Å²) in [6.07, 6.45) is 6.25. The van der Waals surface area contributed by atoms with E-state index in [0.717, 1.165) is 18.5 Å². The molecule has 2 rings (SSSR count). The van der Waals surface area contributed by atoms with Crippen LogP contribution >= 0.6 is 0 Å². The summed E-state index contributed by atoms with van der Waals surface area (Å²) in [6.45, 7) is 0.740. The van der Waals surface area contributed by atoms with Crippen molar-refractivity contribution in [2.45, 2.75) is 6.54 Å². The Morgan fingerprint density at radius 2 is 2.36 bits per heavy atom. The van der Waals surface area contributed by atoms with Crippen molar-refractivity contribution in [2.75, 3.05) is 0 Å². The highest BCUT2D eigenvalue weighted by Crippen LogP contribution is 2.06. The van der Waals surface area contributed by atoms with Crippen LogP contribution in [0.1, 0.15) is 16.2 Å². The van der Waals surface area contributed by atoms with E-state index in [-0.39, 0.29) is 0 Å². The third-order valence-corrected chi connectivity index (χ3v) is 2.29. The third kappa shape index (κ3) is 1.46. The Kier molecular flexibility index (Phi) is 2.18. The maximum Gasteiger partial charge on any atom is 0.166 e. The summed E-state index contributed by atoms with van der Waals surface area (Å²) in [5, 5.41) is 0. The molecule has 2 aromatic heterocycles. The van der Waals surface area contributed by atoms with Gasteiger partial charge in [-0.2, -0.15) is 0 Å². The van der Waals surface area contributed by atoms with Crippen LogP contribution in [0, 0.1) is 0 Å². The summed E-state index contributed by atoms with van der Waals surface area (Å²) in [4.78, 5) is 14.6. The van der Waals surface area contributed by atoms with Gasteiger partial charge in [-0.15, -0.1) is 0 Å². The lowest BCUT2D eigenvalue weighted by molar-refractivity contribution is 0.111. The molecule has 14 heavy (non-hydrogen) atoms. The Morgan fingerprint density at radius 3 is 2.93 bits per heavy atom. The van der Waals surface area contributed by atoms with Crippen LogP contribution in [0.2, 0.25) is 0 Å². The van der Waals surface area contributed by atoms with Crippen LogP contribution < -0.4 is 0 Å². The predicted octanol–water partition coefficient (Wildman–Crippen LogP) is 1.08. The first-order chi connectivity index (χ1) is 6.81. The van der Waals surface area contributed by atoms with E-state index in [1.807, 2.05) is 34.5 Å². The van der Waals surface area contributed by atoms with Crippen molar-refractivity contribution < 1.29 is 4.79 Å². The number of imidazole rings is 1. The predicted molar refractivity (Wildman–Crippen MR) is 52.1 cm³/mol. The van der Waals surface area contributed by atoms with E-state index >= 15 is 0 Å². The molecule has 0 unspecified atom stereocenters. The molecule has 4 nitrogen and oxygen atoms in total. The molecule has 0 bridgehead atoms. The first-order valence-corrected chi connectivity index (χ1v) is 4.37. The molecule has 0 amide bonds. The average Bonchev–Trinajstić information content (AvgIpc) is 2.79. The van der Waals surface area contributed by atoms with Crippen LogP contribution in [0.5, 0.6) is 0 Å². The second kappa shape index (κ2) is 3.49. The number of carbonyl (C=O) groups is 1. The standard InChI is InChI=1S/C10H11N3O/c1-12-9(2-3-10(12)7-14)6-13-5-4-11-8-13/h2-5,7-8H,6H2,1H3. The molecule has 0 fully saturated rings. The fraction of sp³-hybridized carbons (Fsp3) is 0.200. The summed E-state index contributed by atoms with van der Waals surface area (Å²) >= 11 is 0. The summed E-state index contributed by atoms with van der Waals surface area (Å²) in [5.74, 6) is 0. The number of aromatic nitrogens is 3. The molecule has 0 N–H and O–H groups in total. The minimum atomic E-state index is 0.695. The van der Waals surface area contributed by atoms with Crippen molar-refractivity contribution in [1.29, 1.82) is 0 Å². The van der Waals surface area contributed by atoms with Gasteiger partial charge in [0.1, 0.15) is 0 Å². The van der Waals surface area contributed by atoms with Crippen LogP contribution in [0.25, 0.3) is 0 Å². The Balaban J connectivity index is 2.25. The minimum absolute atomic E-state index is 0.695. The molecular formula is C10H11N3O. The zero-order valence-corrected chi connectivity index (χ0v) is 7.92. The van der Waals surface area contributed by atoms with Gasteiger partial charge in [-0.1, -0.05) is 0 Å². The lowest BCUT2D eigenvalue weighted by atomic mass is 10.4. The van der Waals surface area contributed by atoms with Gasteiger partial charge >= 0.3 is 0 Å². The molecule has 0 atom stereocenters. The zero-order chi connectivity index (χ0) is 9.97. The van der Waals surface area contributed by atoms with Crippen molar-refractivity contribution in [1.82, 2.24) is 14.1 Å². The summed E-state index contributed by atoms with van der Waals surface area (Å²) < 4.78 is 3.84. The Bertz CT molecular complexity index is 428. The van der Waals surface area contributed by atoms with Crippen molar-refractivity contribution in [3.8, 4) is 0 Å². The Labute approximate surface area is 81.8 Å². The van der Waals surface area contributed by atoms with Gasteiger partial charge < -0.3 is 9.13 Å². The highest BCUT2D eigenvalue weighted by atomic mass is 16.1. The molecule has 72 valence electrons. The summed E-state index contributed by atoms with van der Waals surface area (Å²) in [5.41, 5.74) is 1.78. The molecule has 0 aromatic carbocycles. The number of rotatable bonds is 3. The molecule has 2 heterocycles. The van der Waals surface area contributed by atoms with Crippen LogP contribution in [0.3, 0.4) is 0 Å². The van der Waals surface area contributed by atoms with E-state index in [1.165, 1.54) is 0 Å². The highest BCUT2D eigenvalue weighted by molar-refractivity contribution is 5.72. The Morgan fingerprint density at radius 1 is 1.50 bits per heavy atom. The average molecular weight is 189 g/mol. The van der Waals surface area contributed by atoms with Gasteiger partial charge in [-0.25, -0.2) is 4.98 Å². The number of nitrogens with zero attached hydrogens (tertiary/aromatic N) is 3. The van der Waals surface area contributed by atoms with Gasteiger partial charge in [0.25, 0.3) is 0 Å². The molecule has 0 saturated heterocycles. The van der Waals surface area contributed by atoms with Crippen LogP contribution in [0.15, 0.2) is 30.9 Å². The fourth-order valence-electron chi connectivity index (χ4n) is 1.42. The molecule has 0 aliphatic heterocycles. The van der Waals surface area contributed by atoms with Crippen molar-refractivity contribution in [3.63, 3.8) is 0 Å². The lowest BCUT2D eigenvalue weighted by Crippen LogP contribution is -2.04. The van der Waals surface area contributed by atoms with Crippen LogP contribution in [-0.2, 0) is 13.6 Å². The fourth-order valence-corrected chi connectivity index (χ4v) is 1.42. The van der Waals surface area contributed by atoms with Gasteiger partial charge in [-0.05, 0) is 12.1 Å². The van der Waals surface area contributed by atoms with Gasteiger partial charge in [0.15, 0.2) is 6.29 Å². The molecule has 4 heteroatoms. The van der Waals surface area contributed by atoms with E-state index < -0.39 is 0 Å². The number of hydrogen-bond acceptors (Lipinski definition) is 2. The van der Waals surface area contributed by atoms with Gasteiger partial charge in [-0.3, -0.25) is 4.79 Å². The maximum absolute atomic E-state index is 10.6. The van der Waals surface area contributed by atoms with Crippen LogP contribution in [-0.4, -0.2) is 20.4 Å². The molecule has 0 aliphatic carbocycles. The third-order valence-electron chi connectivity index (χ3n) is 2.29. The van der Waals surface area contributed by atoms with Crippen molar-refractivity contribution >= 4 is 6.29 Å². The molecule has 0 spiro atoms. The molecule has 0 saturated carbocycles. The summed E-state index contributed by atoms with van der Waals surface area (Å²) in [6, 6.07) is 3.77. The van der Waals surface area contributed by atoms with E-state index in [1.54, 1.807) is 12.5 Å². The van der Waals surface area contributed by atoms with Crippen molar-refractivity contribution in [2.24, 2.45) is 7.05 Å². The van der Waals surface area contributed by atoms with E-state index in [2.05, 4.69) is 4.98 Å². The molecular weight excluding hydrogens is 178 g/mol. The van der Waals surface area contributed by atoms with Gasteiger partial charge in [0.05, 0.1) is 18.6 Å². The topological polar surface area (TPSA) is 39.8 Å². The van der Waals surface area contributed by atoms with Gasteiger partial charge in [0, 0.05) is 25.1 Å². The van der Waals surface area contributed by atoms with Crippen LogP contribution in [0.4, 0.5) is 0 Å². The quantitative estimate of drug-likeness (QED) is 0.678. The number of carbonyl (C=O) groups excluding carboxylic acids is 1. The monoisotopic (exact) mass is 189 g/mol. The number of hydrogen-bond donors (Lipinski definition) is 0. The largest absolute Gasteiger partial charge is 0.344 e. The minimum Gasteiger partial charge on any atom is -0.344 e. The molecule has 0 radical (unpaired) electrons. The highest BCUT2D eigenvalue weighted by Gasteiger charge is 2.03. The van der Waals surface area contributed by atoms with E-state index in [0.29, 0.717) is 5.69 Å². The second-order valence-electron chi connectivity index (χ2n) is 3.16. The first-order valence-electron chi connectivity index (χ1n) is 4.37. The normalized spacial score (nSPS) is 10.4. The van der Waals surface area contributed by atoms with Crippen molar-refractivity contribution in [3.05, 3.63) is 42.2 Å². The number of aldehydes is 1. The molecule has 0 aliphatic rings. The summed E-state index contributed by atoms with van der Waals surface area (Å²) in [7, 11) is 1.88. The van der Waals surface area contributed by atoms with Gasteiger partial charge in [0.2, 0.25) is 0 Å². The lowest BCUT2D eigenvalue weighted by Gasteiger charge is -2.04. The Hall–Kier alpha value is -1.84. The van der Waals surface area contributed by atoms with E-state index in [4.69, 9.17) is 0 Å². The molecule has 2 aromatic rings.